The van der Waals surface area contributed by atoms with Gasteiger partial charge in [-0.05, 0) is 62.4 Å². The van der Waals surface area contributed by atoms with E-state index in [9.17, 15) is 4.79 Å². The molecule has 0 radical (unpaired) electrons. The van der Waals surface area contributed by atoms with Gasteiger partial charge in [0.25, 0.3) is 0 Å². The number of benzene rings is 1. The van der Waals surface area contributed by atoms with Crippen molar-refractivity contribution in [1.82, 2.24) is 5.32 Å². The molecule has 0 saturated carbocycles. The van der Waals surface area contributed by atoms with Crippen LogP contribution in [-0.2, 0) is 4.79 Å². The van der Waals surface area contributed by atoms with Gasteiger partial charge in [-0.15, -0.1) is 12.4 Å². The molecule has 1 heterocycles. The Balaban J connectivity index is 0.00000200. The molecule has 0 aromatic heterocycles. The average molecular weight is 297 g/mol. The molecule has 4 heteroatoms. The molecular formula is C16H25ClN2O. The number of halogens is 1. The number of piperidine rings is 1. The van der Waals surface area contributed by atoms with E-state index in [0.29, 0.717) is 18.3 Å². The summed E-state index contributed by atoms with van der Waals surface area (Å²) in [4.78, 5) is 12.1. The quantitative estimate of drug-likeness (QED) is 0.894. The molecular weight excluding hydrogens is 272 g/mol. The molecule has 112 valence electrons. The first-order valence-corrected chi connectivity index (χ1v) is 7.22. The zero-order valence-electron chi connectivity index (χ0n) is 12.3. The Morgan fingerprint density at radius 3 is 2.75 bits per heavy atom. The van der Waals surface area contributed by atoms with Crippen molar-refractivity contribution in [3.8, 4) is 0 Å². The Labute approximate surface area is 127 Å². The van der Waals surface area contributed by atoms with Crippen molar-refractivity contribution < 1.29 is 4.79 Å². The number of amides is 1. The predicted molar refractivity (Wildman–Crippen MR) is 86.4 cm³/mol. The Kier molecular flexibility index (Phi) is 7.03. The lowest BCUT2D eigenvalue weighted by Crippen LogP contribution is -2.32. The monoisotopic (exact) mass is 296 g/mol. The molecule has 2 rings (SSSR count). The number of anilines is 1. The van der Waals surface area contributed by atoms with Crippen molar-refractivity contribution >= 4 is 24.0 Å². The summed E-state index contributed by atoms with van der Waals surface area (Å²) < 4.78 is 0. The molecule has 1 aromatic rings. The highest BCUT2D eigenvalue weighted by atomic mass is 35.5. The normalized spacial score (nSPS) is 17.1. The van der Waals surface area contributed by atoms with Crippen LogP contribution < -0.4 is 10.6 Å². The number of carbonyl (C=O) groups excluding carboxylic acids is 1. The summed E-state index contributed by atoms with van der Waals surface area (Å²) in [6.07, 6.45) is 3.01. The fourth-order valence-electron chi connectivity index (χ4n) is 2.81. The standard InChI is InChI=1S/C16H24N2O.ClH/c1-12-4-3-5-15(10-12)18-16(19)11-13(2)14-6-8-17-9-7-14;/h3-5,10,13-14,17H,6-9,11H2,1-2H3,(H,18,19);1H. The highest BCUT2D eigenvalue weighted by Crippen LogP contribution is 2.24. The van der Waals surface area contributed by atoms with Crippen molar-refractivity contribution in [3.63, 3.8) is 0 Å². The van der Waals surface area contributed by atoms with Gasteiger partial charge < -0.3 is 10.6 Å². The molecule has 1 saturated heterocycles. The Morgan fingerprint density at radius 2 is 2.10 bits per heavy atom. The van der Waals surface area contributed by atoms with Crippen molar-refractivity contribution in [3.05, 3.63) is 29.8 Å². The van der Waals surface area contributed by atoms with E-state index in [-0.39, 0.29) is 18.3 Å². The molecule has 1 fully saturated rings. The molecule has 3 nitrogen and oxygen atoms in total. The third-order valence-electron chi connectivity index (χ3n) is 4.00. The largest absolute Gasteiger partial charge is 0.326 e. The Hall–Kier alpha value is -1.06. The van der Waals surface area contributed by atoms with E-state index in [4.69, 9.17) is 0 Å². The summed E-state index contributed by atoms with van der Waals surface area (Å²) in [6, 6.07) is 7.96. The van der Waals surface area contributed by atoms with E-state index in [2.05, 4.69) is 17.6 Å². The molecule has 0 spiro atoms. The summed E-state index contributed by atoms with van der Waals surface area (Å²) in [6.45, 7) is 6.42. The second kappa shape index (κ2) is 8.28. The topological polar surface area (TPSA) is 41.1 Å². The van der Waals surface area contributed by atoms with Gasteiger partial charge in [-0.1, -0.05) is 19.1 Å². The lowest BCUT2D eigenvalue weighted by atomic mass is 9.84. The van der Waals surface area contributed by atoms with Crippen LogP contribution in [0.3, 0.4) is 0 Å². The minimum Gasteiger partial charge on any atom is -0.326 e. The highest BCUT2D eigenvalue weighted by molar-refractivity contribution is 5.90. The fraction of sp³-hybridized carbons (Fsp3) is 0.562. The molecule has 1 aliphatic heterocycles. The van der Waals surface area contributed by atoms with Gasteiger partial charge >= 0.3 is 0 Å². The zero-order chi connectivity index (χ0) is 13.7. The van der Waals surface area contributed by atoms with Gasteiger partial charge in [0.15, 0.2) is 0 Å². The van der Waals surface area contributed by atoms with E-state index in [1.165, 1.54) is 18.4 Å². The maximum absolute atomic E-state index is 12.1. The second-order valence-corrected chi connectivity index (χ2v) is 5.69. The summed E-state index contributed by atoms with van der Waals surface area (Å²) in [5, 5.41) is 6.37. The van der Waals surface area contributed by atoms with E-state index in [1.807, 2.05) is 31.2 Å². The van der Waals surface area contributed by atoms with Gasteiger partial charge in [0.05, 0.1) is 0 Å². The summed E-state index contributed by atoms with van der Waals surface area (Å²) >= 11 is 0. The van der Waals surface area contributed by atoms with E-state index < -0.39 is 0 Å². The first-order chi connectivity index (χ1) is 9.15. The Morgan fingerprint density at radius 1 is 1.40 bits per heavy atom. The van der Waals surface area contributed by atoms with Crippen LogP contribution in [0.1, 0.15) is 31.7 Å². The van der Waals surface area contributed by atoms with Crippen LogP contribution in [0.25, 0.3) is 0 Å². The third kappa shape index (κ3) is 5.14. The van der Waals surface area contributed by atoms with E-state index in [1.54, 1.807) is 0 Å². The molecule has 1 aromatic carbocycles. The smallest absolute Gasteiger partial charge is 0.224 e. The molecule has 0 aliphatic carbocycles. The predicted octanol–water partition coefficient (Wildman–Crippen LogP) is 3.38. The summed E-state index contributed by atoms with van der Waals surface area (Å²) in [5.41, 5.74) is 2.08. The fourth-order valence-corrected chi connectivity index (χ4v) is 2.81. The van der Waals surface area contributed by atoms with Crippen LogP contribution in [0.15, 0.2) is 24.3 Å². The van der Waals surface area contributed by atoms with E-state index in [0.717, 1.165) is 18.8 Å². The molecule has 20 heavy (non-hydrogen) atoms. The highest BCUT2D eigenvalue weighted by Gasteiger charge is 2.21. The zero-order valence-corrected chi connectivity index (χ0v) is 13.1. The maximum Gasteiger partial charge on any atom is 0.224 e. The van der Waals surface area contributed by atoms with Crippen LogP contribution in [0, 0.1) is 18.8 Å². The summed E-state index contributed by atoms with van der Waals surface area (Å²) in [5.74, 6) is 1.29. The molecule has 1 aliphatic rings. The maximum atomic E-state index is 12.1. The molecule has 0 bridgehead atoms. The van der Waals surface area contributed by atoms with Gasteiger partial charge in [0, 0.05) is 12.1 Å². The second-order valence-electron chi connectivity index (χ2n) is 5.69. The van der Waals surface area contributed by atoms with Crippen molar-refractivity contribution in [1.29, 1.82) is 0 Å². The number of hydrogen-bond donors (Lipinski definition) is 2. The van der Waals surface area contributed by atoms with Crippen LogP contribution in [0.4, 0.5) is 5.69 Å². The molecule has 1 atom stereocenters. The van der Waals surface area contributed by atoms with Crippen molar-refractivity contribution in [2.75, 3.05) is 18.4 Å². The van der Waals surface area contributed by atoms with Crippen LogP contribution in [0.2, 0.25) is 0 Å². The van der Waals surface area contributed by atoms with Crippen LogP contribution in [0.5, 0.6) is 0 Å². The lowest BCUT2D eigenvalue weighted by Gasteiger charge is -2.27. The number of nitrogens with one attached hydrogen (secondary N) is 2. The van der Waals surface area contributed by atoms with Gasteiger partial charge in [0.1, 0.15) is 0 Å². The molecule has 1 unspecified atom stereocenters. The van der Waals surface area contributed by atoms with Crippen LogP contribution in [-0.4, -0.2) is 19.0 Å². The average Bonchev–Trinajstić information content (AvgIpc) is 2.39. The molecule has 1 amide bonds. The van der Waals surface area contributed by atoms with Crippen molar-refractivity contribution in [2.45, 2.75) is 33.1 Å². The lowest BCUT2D eigenvalue weighted by molar-refractivity contribution is -0.117. The SMILES string of the molecule is Cc1cccc(NC(=O)CC(C)C2CCNCC2)c1.Cl. The van der Waals surface area contributed by atoms with Gasteiger partial charge in [-0.2, -0.15) is 0 Å². The third-order valence-corrected chi connectivity index (χ3v) is 4.00. The minimum atomic E-state index is 0. The molecule has 2 N–H and O–H groups in total. The van der Waals surface area contributed by atoms with Gasteiger partial charge in [-0.25, -0.2) is 0 Å². The minimum absolute atomic E-state index is 0. The van der Waals surface area contributed by atoms with Crippen molar-refractivity contribution in [2.24, 2.45) is 11.8 Å². The Bertz CT molecular complexity index is 430. The number of hydrogen-bond acceptors (Lipinski definition) is 2. The number of rotatable bonds is 4. The van der Waals surface area contributed by atoms with Crippen LogP contribution >= 0.6 is 12.4 Å². The van der Waals surface area contributed by atoms with E-state index >= 15 is 0 Å². The van der Waals surface area contributed by atoms with Gasteiger partial charge in [0.2, 0.25) is 5.91 Å². The summed E-state index contributed by atoms with van der Waals surface area (Å²) in [7, 11) is 0. The first-order valence-electron chi connectivity index (χ1n) is 7.22. The number of carbonyl (C=O) groups is 1. The van der Waals surface area contributed by atoms with Gasteiger partial charge in [-0.3, -0.25) is 4.79 Å². The first kappa shape index (κ1) is 17.0. The number of aryl methyl sites for hydroxylation is 1.